The fraction of sp³-hybridized carbons (Fsp3) is 0.412. The number of allylic oxidation sites excluding steroid dienone is 1. The van der Waals surface area contributed by atoms with Gasteiger partial charge in [-0.15, -0.1) is 0 Å². The predicted molar refractivity (Wildman–Crippen MR) is 87.8 cm³/mol. The number of benzene rings is 1. The highest BCUT2D eigenvalue weighted by Gasteiger charge is 2.09. The van der Waals surface area contributed by atoms with Gasteiger partial charge in [-0.2, -0.15) is 5.26 Å². The number of nitrogens with zero attached hydrogens (tertiary/aromatic N) is 2. The normalized spacial score (nSPS) is 11.0. The first kappa shape index (κ1) is 17.3. The van der Waals surface area contributed by atoms with Crippen LogP contribution in [-0.4, -0.2) is 23.9 Å². The number of amides is 1. The minimum absolute atomic E-state index is 0.0513. The molecule has 0 bridgehead atoms. The Morgan fingerprint density at radius 2 is 1.95 bits per heavy atom. The van der Waals surface area contributed by atoms with Gasteiger partial charge in [0.2, 0.25) is 5.91 Å². The van der Waals surface area contributed by atoms with Crippen molar-refractivity contribution in [2.24, 2.45) is 0 Å². The Labute approximate surface area is 131 Å². The number of likely N-dealkylation sites (N-methyl/N-ethyl adjacent to an activating group) is 1. The maximum atomic E-state index is 12.2. The minimum atomic E-state index is 0.0513. The first-order valence-electron chi connectivity index (χ1n) is 7.30. The Morgan fingerprint density at radius 3 is 2.52 bits per heavy atom. The monoisotopic (exact) mass is 302 g/mol. The molecule has 0 aliphatic carbocycles. The van der Waals surface area contributed by atoms with Crippen LogP contribution in [0, 0.1) is 11.3 Å². The summed E-state index contributed by atoms with van der Waals surface area (Å²) in [5.74, 6) is 0.0513. The van der Waals surface area contributed by atoms with Crippen LogP contribution >= 0.6 is 11.8 Å². The van der Waals surface area contributed by atoms with Gasteiger partial charge in [0.25, 0.3) is 0 Å². The van der Waals surface area contributed by atoms with E-state index in [1.807, 2.05) is 44.2 Å². The van der Waals surface area contributed by atoms with Gasteiger partial charge in [0, 0.05) is 30.5 Å². The van der Waals surface area contributed by atoms with E-state index in [0.717, 1.165) is 22.6 Å². The van der Waals surface area contributed by atoms with Gasteiger partial charge in [-0.05, 0) is 43.7 Å². The van der Waals surface area contributed by atoms with Crippen molar-refractivity contribution in [3.63, 3.8) is 0 Å². The lowest BCUT2D eigenvalue weighted by Gasteiger charge is -2.17. The number of unbranched alkanes of at least 4 members (excludes halogenated alkanes) is 1. The molecule has 1 amide bonds. The lowest BCUT2D eigenvalue weighted by molar-refractivity contribution is -0.125. The summed E-state index contributed by atoms with van der Waals surface area (Å²) in [6.45, 7) is 5.39. The van der Waals surface area contributed by atoms with E-state index in [9.17, 15) is 4.79 Å². The van der Waals surface area contributed by atoms with Gasteiger partial charge in [0.15, 0.2) is 0 Å². The van der Waals surface area contributed by atoms with Crippen molar-refractivity contribution in [3.8, 4) is 6.07 Å². The summed E-state index contributed by atoms with van der Waals surface area (Å²) in [7, 11) is 0. The van der Waals surface area contributed by atoms with Crippen molar-refractivity contribution in [1.29, 1.82) is 5.26 Å². The molecule has 112 valence electrons. The molecule has 3 nitrogen and oxygen atoms in total. The predicted octanol–water partition coefficient (Wildman–Crippen LogP) is 4.22. The molecule has 0 atom stereocenters. The Balaban J connectivity index is 2.80. The highest BCUT2D eigenvalue weighted by atomic mass is 32.2. The standard InChI is InChI=1S/C17H22N2OS/c1-3-19(4-2)17(20)14-16(12-8-9-13-18)21-15-10-6-5-7-11-15/h5-7,10-11,14H,3-4,8-9,12H2,1-2H3. The second kappa shape index (κ2) is 10.1. The summed E-state index contributed by atoms with van der Waals surface area (Å²) in [5, 5.41) is 8.66. The molecule has 0 aromatic heterocycles. The first-order valence-corrected chi connectivity index (χ1v) is 8.12. The zero-order chi connectivity index (χ0) is 15.5. The molecule has 0 saturated carbocycles. The third-order valence-electron chi connectivity index (χ3n) is 3.06. The Bertz CT molecular complexity index is 501. The molecule has 1 rings (SSSR count). The van der Waals surface area contributed by atoms with Gasteiger partial charge in [0.1, 0.15) is 0 Å². The molecule has 0 unspecified atom stereocenters. The first-order chi connectivity index (χ1) is 10.2. The topological polar surface area (TPSA) is 44.1 Å². The maximum absolute atomic E-state index is 12.2. The molecule has 0 N–H and O–H groups in total. The van der Waals surface area contributed by atoms with E-state index in [1.165, 1.54) is 0 Å². The van der Waals surface area contributed by atoms with Crippen molar-refractivity contribution < 1.29 is 4.79 Å². The van der Waals surface area contributed by atoms with Crippen molar-refractivity contribution in [3.05, 3.63) is 41.3 Å². The highest BCUT2D eigenvalue weighted by Crippen LogP contribution is 2.30. The Morgan fingerprint density at radius 1 is 1.29 bits per heavy atom. The van der Waals surface area contributed by atoms with Crippen LogP contribution in [0.25, 0.3) is 0 Å². The fourth-order valence-electron chi connectivity index (χ4n) is 1.90. The van der Waals surface area contributed by atoms with Crippen LogP contribution < -0.4 is 0 Å². The molecule has 0 aliphatic rings. The van der Waals surface area contributed by atoms with Gasteiger partial charge in [-0.3, -0.25) is 4.79 Å². The van der Waals surface area contributed by atoms with Gasteiger partial charge in [-0.1, -0.05) is 30.0 Å². The summed E-state index contributed by atoms with van der Waals surface area (Å²) in [5.41, 5.74) is 0. The van der Waals surface area contributed by atoms with E-state index < -0.39 is 0 Å². The quantitative estimate of drug-likeness (QED) is 0.410. The molecule has 0 fully saturated rings. The number of thioether (sulfide) groups is 1. The summed E-state index contributed by atoms with van der Waals surface area (Å²) in [6, 6.07) is 12.2. The fourth-order valence-corrected chi connectivity index (χ4v) is 2.90. The van der Waals surface area contributed by atoms with Crippen LogP contribution in [0.5, 0.6) is 0 Å². The molecule has 1 aromatic carbocycles. The molecule has 21 heavy (non-hydrogen) atoms. The lowest BCUT2D eigenvalue weighted by Crippen LogP contribution is -2.28. The van der Waals surface area contributed by atoms with Crippen LogP contribution in [0.3, 0.4) is 0 Å². The van der Waals surface area contributed by atoms with E-state index >= 15 is 0 Å². The van der Waals surface area contributed by atoms with E-state index in [4.69, 9.17) is 5.26 Å². The Hall–Kier alpha value is -1.73. The third-order valence-corrected chi connectivity index (χ3v) is 4.16. The van der Waals surface area contributed by atoms with Gasteiger partial charge in [0.05, 0.1) is 6.07 Å². The lowest BCUT2D eigenvalue weighted by atomic mass is 10.2. The van der Waals surface area contributed by atoms with Crippen molar-refractivity contribution >= 4 is 17.7 Å². The number of carbonyl (C=O) groups is 1. The average Bonchev–Trinajstić information content (AvgIpc) is 2.49. The minimum Gasteiger partial charge on any atom is -0.340 e. The second-order valence-corrected chi connectivity index (χ2v) is 5.75. The molecule has 0 saturated heterocycles. The molecule has 0 radical (unpaired) electrons. The summed E-state index contributed by atoms with van der Waals surface area (Å²) < 4.78 is 0. The van der Waals surface area contributed by atoms with Gasteiger partial charge in [-0.25, -0.2) is 0 Å². The summed E-state index contributed by atoms with van der Waals surface area (Å²) in [6.07, 6.45) is 3.79. The second-order valence-electron chi connectivity index (χ2n) is 4.55. The smallest absolute Gasteiger partial charge is 0.247 e. The van der Waals surface area contributed by atoms with E-state index in [0.29, 0.717) is 19.5 Å². The van der Waals surface area contributed by atoms with E-state index in [-0.39, 0.29) is 5.91 Å². The van der Waals surface area contributed by atoms with Crippen molar-refractivity contribution in [1.82, 2.24) is 4.90 Å². The Kier molecular flexibility index (Phi) is 8.30. The molecular weight excluding hydrogens is 280 g/mol. The van der Waals surface area contributed by atoms with Crippen molar-refractivity contribution in [2.45, 2.75) is 38.0 Å². The number of carbonyl (C=O) groups excluding carboxylic acids is 1. The molecule has 1 aromatic rings. The number of rotatable bonds is 8. The zero-order valence-electron chi connectivity index (χ0n) is 12.7. The van der Waals surface area contributed by atoms with Crippen LogP contribution in [0.1, 0.15) is 33.1 Å². The average molecular weight is 302 g/mol. The SMILES string of the molecule is CCN(CC)C(=O)C=C(CCCC#N)Sc1ccccc1. The van der Waals surface area contributed by atoms with Crippen LogP contribution in [0.4, 0.5) is 0 Å². The van der Waals surface area contributed by atoms with Crippen LogP contribution in [0.2, 0.25) is 0 Å². The van der Waals surface area contributed by atoms with Gasteiger partial charge < -0.3 is 4.90 Å². The maximum Gasteiger partial charge on any atom is 0.247 e. The summed E-state index contributed by atoms with van der Waals surface area (Å²) in [4.78, 5) is 16.2. The van der Waals surface area contributed by atoms with Crippen LogP contribution in [0.15, 0.2) is 46.2 Å². The molecule has 0 heterocycles. The highest BCUT2D eigenvalue weighted by molar-refractivity contribution is 8.03. The number of hydrogen-bond acceptors (Lipinski definition) is 3. The summed E-state index contributed by atoms with van der Waals surface area (Å²) >= 11 is 1.61. The van der Waals surface area contributed by atoms with E-state index in [1.54, 1.807) is 22.7 Å². The number of hydrogen-bond donors (Lipinski definition) is 0. The van der Waals surface area contributed by atoms with Crippen LogP contribution in [-0.2, 0) is 4.79 Å². The molecule has 0 aliphatic heterocycles. The van der Waals surface area contributed by atoms with Crippen molar-refractivity contribution in [2.75, 3.05) is 13.1 Å². The van der Waals surface area contributed by atoms with Gasteiger partial charge >= 0.3 is 0 Å². The largest absolute Gasteiger partial charge is 0.340 e. The number of nitriles is 1. The van der Waals surface area contributed by atoms with E-state index in [2.05, 4.69) is 6.07 Å². The molecular formula is C17H22N2OS. The zero-order valence-corrected chi connectivity index (χ0v) is 13.5. The third kappa shape index (κ3) is 6.50. The molecule has 4 heteroatoms. The molecule has 0 spiro atoms.